The number of benzene rings is 1. The van der Waals surface area contributed by atoms with E-state index >= 15 is 0 Å². The largest absolute Gasteiger partial charge is 0.396 e. The molecule has 136 valence electrons. The maximum Gasteiger partial charge on any atom is 0.241 e. The van der Waals surface area contributed by atoms with Crippen molar-refractivity contribution in [3.05, 3.63) is 29.8 Å². The number of hydrogen-bond donors (Lipinski definition) is 3. The fraction of sp³-hybridized carbons (Fsp3) is 0.632. The van der Waals surface area contributed by atoms with Crippen LogP contribution < -0.4 is 5.32 Å². The highest BCUT2D eigenvalue weighted by Gasteiger charge is 2.28. The number of carbonyl (C=O) groups is 1. The van der Waals surface area contributed by atoms with Gasteiger partial charge < -0.3 is 15.5 Å². The molecule has 0 spiro atoms. The van der Waals surface area contributed by atoms with E-state index in [1.54, 1.807) is 6.92 Å². The van der Waals surface area contributed by atoms with Crippen LogP contribution in [0.1, 0.15) is 40.2 Å². The van der Waals surface area contributed by atoms with Gasteiger partial charge in [-0.15, -0.1) is 0 Å². The van der Waals surface area contributed by atoms with Crippen LogP contribution in [0.3, 0.4) is 0 Å². The molecule has 0 heterocycles. The van der Waals surface area contributed by atoms with Gasteiger partial charge in [-0.25, -0.2) is 0 Å². The van der Waals surface area contributed by atoms with E-state index in [0.29, 0.717) is 6.54 Å². The summed E-state index contributed by atoms with van der Waals surface area (Å²) in [6.07, 6.45) is 0. The van der Waals surface area contributed by atoms with E-state index in [1.165, 1.54) is 5.56 Å². The summed E-state index contributed by atoms with van der Waals surface area (Å²) in [5.74, 6) is -0.112. The summed E-state index contributed by atoms with van der Waals surface area (Å²) in [6, 6.07) is 7.51. The average Bonchev–Trinajstić information content (AvgIpc) is 2.53. The molecule has 5 nitrogen and oxygen atoms in total. The Bertz CT molecular complexity index is 531. The molecule has 0 radical (unpaired) electrons. The Labute approximate surface area is 145 Å². The maximum atomic E-state index is 12.4. The number of aliphatic hydroxyl groups is 2. The first-order chi connectivity index (χ1) is 11.0. The third-order valence-corrected chi connectivity index (χ3v) is 4.45. The number of carbonyl (C=O) groups excluding carboxylic acids is 1. The summed E-state index contributed by atoms with van der Waals surface area (Å²) >= 11 is 0. The van der Waals surface area contributed by atoms with Gasteiger partial charge in [0.15, 0.2) is 0 Å². The third-order valence-electron chi connectivity index (χ3n) is 4.45. The van der Waals surface area contributed by atoms with Crippen molar-refractivity contribution < 1.29 is 15.0 Å². The molecule has 0 fully saturated rings. The number of nitrogens with one attached hydrogen (secondary N) is 1. The van der Waals surface area contributed by atoms with E-state index in [0.717, 1.165) is 5.69 Å². The predicted octanol–water partition coefficient (Wildman–Crippen LogP) is 2.23. The molecule has 0 aliphatic carbocycles. The van der Waals surface area contributed by atoms with E-state index in [-0.39, 0.29) is 30.6 Å². The Morgan fingerprint density at radius 3 is 2.04 bits per heavy atom. The van der Waals surface area contributed by atoms with Crippen LogP contribution in [0.5, 0.6) is 0 Å². The first-order valence-corrected chi connectivity index (χ1v) is 8.36. The van der Waals surface area contributed by atoms with Crippen LogP contribution in [0.15, 0.2) is 24.3 Å². The minimum Gasteiger partial charge on any atom is -0.396 e. The molecular formula is C19H32N2O3. The van der Waals surface area contributed by atoms with Crippen molar-refractivity contribution in [3.8, 4) is 0 Å². The lowest BCUT2D eigenvalue weighted by Gasteiger charge is -2.33. The molecule has 0 saturated carbocycles. The fourth-order valence-electron chi connectivity index (χ4n) is 2.39. The molecular weight excluding hydrogens is 304 g/mol. The second kappa shape index (κ2) is 8.10. The molecule has 1 aromatic rings. The van der Waals surface area contributed by atoms with Crippen molar-refractivity contribution in [1.29, 1.82) is 0 Å². The zero-order chi connectivity index (χ0) is 18.5. The van der Waals surface area contributed by atoms with E-state index in [2.05, 4.69) is 26.1 Å². The molecule has 0 aromatic heterocycles. The van der Waals surface area contributed by atoms with E-state index in [1.807, 2.05) is 43.1 Å². The van der Waals surface area contributed by atoms with Crippen molar-refractivity contribution in [3.63, 3.8) is 0 Å². The van der Waals surface area contributed by atoms with E-state index < -0.39 is 5.41 Å². The zero-order valence-corrected chi connectivity index (χ0v) is 15.8. The molecule has 3 N–H and O–H groups in total. The normalized spacial score (nSPS) is 13.9. The Kier molecular flexibility index (Phi) is 6.96. The maximum absolute atomic E-state index is 12.4. The summed E-state index contributed by atoms with van der Waals surface area (Å²) in [7, 11) is 1.82. The topological polar surface area (TPSA) is 72.8 Å². The van der Waals surface area contributed by atoms with Gasteiger partial charge in [0.05, 0.1) is 19.3 Å². The minimum atomic E-state index is -0.627. The first kappa shape index (κ1) is 20.6. The van der Waals surface area contributed by atoms with Crippen molar-refractivity contribution in [2.45, 2.75) is 46.1 Å². The van der Waals surface area contributed by atoms with Crippen LogP contribution in [-0.4, -0.2) is 53.9 Å². The van der Waals surface area contributed by atoms with Crippen LogP contribution in [0.25, 0.3) is 0 Å². The van der Waals surface area contributed by atoms with Crippen LogP contribution in [0.2, 0.25) is 0 Å². The highest BCUT2D eigenvalue weighted by Crippen LogP contribution is 2.23. The molecule has 0 bridgehead atoms. The third kappa shape index (κ3) is 5.58. The van der Waals surface area contributed by atoms with Gasteiger partial charge in [0.2, 0.25) is 5.91 Å². The van der Waals surface area contributed by atoms with Crippen molar-refractivity contribution in [2.75, 3.05) is 32.1 Å². The zero-order valence-electron chi connectivity index (χ0n) is 15.8. The van der Waals surface area contributed by atoms with Gasteiger partial charge in [-0.3, -0.25) is 9.69 Å². The molecule has 0 saturated heterocycles. The van der Waals surface area contributed by atoms with Crippen LogP contribution in [0.4, 0.5) is 5.69 Å². The minimum absolute atomic E-state index is 0.0785. The highest BCUT2D eigenvalue weighted by molar-refractivity contribution is 5.94. The van der Waals surface area contributed by atoms with E-state index in [9.17, 15) is 15.0 Å². The van der Waals surface area contributed by atoms with Gasteiger partial charge in [-0.05, 0) is 37.1 Å². The van der Waals surface area contributed by atoms with Gasteiger partial charge >= 0.3 is 0 Å². The van der Waals surface area contributed by atoms with Crippen LogP contribution >= 0.6 is 0 Å². The molecule has 1 rings (SSSR count). The number of anilines is 1. The summed E-state index contributed by atoms with van der Waals surface area (Å²) in [5, 5.41) is 21.7. The fourth-order valence-corrected chi connectivity index (χ4v) is 2.39. The van der Waals surface area contributed by atoms with Gasteiger partial charge in [-0.1, -0.05) is 39.8 Å². The lowest BCUT2D eigenvalue weighted by Crippen LogP contribution is -2.46. The lowest BCUT2D eigenvalue weighted by molar-refractivity contribution is -0.121. The number of rotatable bonds is 7. The molecule has 0 aliphatic rings. The monoisotopic (exact) mass is 336 g/mol. The van der Waals surface area contributed by atoms with Crippen LogP contribution in [-0.2, 0) is 10.2 Å². The smallest absolute Gasteiger partial charge is 0.241 e. The number of aliphatic hydroxyl groups excluding tert-OH is 2. The van der Waals surface area contributed by atoms with Crippen molar-refractivity contribution in [1.82, 2.24) is 4.90 Å². The van der Waals surface area contributed by atoms with E-state index in [4.69, 9.17) is 0 Å². The average molecular weight is 336 g/mol. The lowest BCUT2D eigenvalue weighted by atomic mass is 9.87. The molecule has 5 heteroatoms. The highest BCUT2D eigenvalue weighted by atomic mass is 16.3. The summed E-state index contributed by atoms with van der Waals surface area (Å²) < 4.78 is 0. The molecule has 1 aromatic carbocycles. The quantitative estimate of drug-likeness (QED) is 0.714. The number of nitrogens with zero attached hydrogens (tertiary/aromatic N) is 1. The van der Waals surface area contributed by atoms with Gasteiger partial charge in [0, 0.05) is 17.6 Å². The number of hydrogen-bond acceptors (Lipinski definition) is 4. The molecule has 24 heavy (non-hydrogen) atoms. The molecule has 0 aliphatic heterocycles. The van der Waals surface area contributed by atoms with Crippen molar-refractivity contribution >= 4 is 11.6 Å². The van der Waals surface area contributed by atoms with Gasteiger partial charge in [0.25, 0.3) is 0 Å². The Hall–Kier alpha value is -1.43. The SMILES string of the molecule is CC(C(=O)Nc1ccc(C(C)(C)C)cc1)N(C)CC(C)(CO)CO. The second-order valence-corrected chi connectivity index (χ2v) is 8.03. The standard InChI is InChI=1S/C19H32N2O3/c1-14(21(6)11-19(5,12-22)13-23)17(24)20-16-9-7-15(8-10-16)18(2,3)4/h7-10,14,22-23H,11-13H2,1-6H3,(H,20,24). The first-order valence-electron chi connectivity index (χ1n) is 8.36. The predicted molar refractivity (Wildman–Crippen MR) is 98.1 cm³/mol. The summed E-state index contributed by atoms with van der Waals surface area (Å²) in [5.41, 5.74) is 1.43. The van der Waals surface area contributed by atoms with Gasteiger partial charge in [0.1, 0.15) is 0 Å². The second-order valence-electron chi connectivity index (χ2n) is 8.03. The molecule has 1 amide bonds. The molecule has 1 atom stereocenters. The Balaban J connectivity index is 2.70. The van der Waals surface area contributed by atoms with Crippen molar-refractivity contribution in [2.24, 2.45) is 5.41 Å². The van der Waals surface area contributed by atoms with Crippen LogP contribution in [0, 0.1) is 5.41 Å². The molecule has 1 unspecified atom stereocenters. The Morgan fingerprint density at radius 2 is 1.62 bits per heavy atom. The summed E-state index contributed by atoms with van der Waals surface area (Å²) in [4.78, 5) is 14.3. The Morgan fingerprint density at radius 1 is 1.12 bits per heavy atom. The number of amides is 1. The summed E-state index contributed by atoms with van der Waals surface area (Å²) in [6.45, 7) is 10.2. The number of likely N-dealkylation sites (N-methyl/N-ethyl adjacent to an activating group) is 1. The van der Waals surface area contributed by atoms with Gasteiger partial charge in [-0.2, -0.15) is 0 Å².